The maximum Gasteiger partial charge on any atom is 0.337 e. The summed E-state index contributed by atoms with van der Waals surface area (Å²) in [6, 6.07) is 15.8. The molecule has 0 unspecified atom stereocenters. The highest BCUT2D eigenvalue weighted by Gasteiger charge is 2.16. The predicted molar refractivity (Wildman–Crippen MR) is 105 cm³/mol. The average Bonchev–Trinajstić information content (AvgIpc) is 3.25. The minimum absolute atomic E-state index is 0.213. The zero-order chi connectivity index (χ0) is 19.5. The molecule has 0 aliphatic carbocycles. The second-order valence-corrected chi connectivity index (χ2v) is 6.82. The number of benzene rings is 2. The Morgan fingerprint density at radius 2 is 2.00 bits per heavy atom. The van der Waals surface area contributed by atoms with Crippen molar-refractivity contribution in [2.24, 2.45) is 0 Å². The molecule has 140 valence electrons. The van der Waals surface area contributed by atoms with E-state index in [1.807, 2.05) is 30.3 Å². The SMILES string of the molecule is COC(=O)c1ccc2c(=O)n(-c3ccccc3)c(SCc3ccon3)nc2c1. The molecule has 8 heteroatoms. The molecule has 0 aliphatic heterocycles. The number of hydrogen-bond acceptors (Lipinski definition) is 7. The summed E-state index contributed by atoms with van der Waals surface area (Å²) in [6.45, 7) is 0. The van der Waals surface area contributed by atoms with E-state index < -0.39 is 5.97 Å². The number of nitrogens with zero attached hydrogens (tertiary/aromatic N) is 3. The van der Waals surface area contributed by atoms with Gasteiger partial charge >= 0.3 is 5.97 Å². The van der Waals surface area contributed by atoms with Crippen molar-refractivity contribution in [2.75, 3.05) is 7.11 Å². The Morgan fingerprint density at radius 1 is 1.18 bits per heavy atom. The van der Waals surface area contributed by atoms with E-state index in [9.17, 15) is 9.59 Å². The topological polar surface area (TPSA) is 87.2 Å². The molecule has 2 heterocycles. The minimum Gasteiger partial charge on any atom is -0.465 e. The molecule has 0 bridgehead atoms. The van der Waals surface area contributed by atoms with Gasteiger partial charge in [0, 0.05) is 11.8 Å². The summed E-state index contributed by atoms with van der Waals surface area (Å²) in [6.07, 6.45) is 1.50. The number of para-hydroxylation sites is 1. The minimum atomic E-state index is -0.479. The van der Waals surface area contributed by atoms with Gasteiger partial charge in [0.25, 0.3) is 5.56 Å². The lowest BCUT2D eigenvalue weighted by Crippen LogP contribution is -2.22. The van der Waals surface area contributed by atoms with Gasteiger partial charge in [0.05, 0.1) is 35.0 Å². The number of carbonyl (C=O) groups excluding carboxylic acids is 1. The van der Waals surface area contributed by atoms with Crippen LogP contribution in [0.15, 0.2) is 75.3 Å². The second kappa shape index (κ2) is 7.69. The van der Waals surface area contributed by atoms with Crippen LogP contribution in [0.1, 0.15) is 16.1 Å². The van der Waals surface area contributed by atoms with E-state index in [2.05, 4.69) is 10.1 Å². The molecule has 0 saturated carbocycles. The average molecular weight is 393 g/mol. The van der Waals surface area contributed by atoms with Crippen LogP contribution < -0.4 is 5.56 Å². The summed E-state index contributed by atoms with van der Waals surface area (Å²) < 4.78 is 11.2. The third-order valence-corrected chi connectivity index (χ3v) is 5.09. The molecule has 0 radical (unpaired) electrons. The van der Waals surface area contributed by atoms with E-state index >= 15 is 0 Å². The van der Waals surface area contributed by atoms with Crippen LogP contribution >= 0.6 is 11.8 Å². The van der Waals surface area contributed by atoms with Gasteiger partial charge in [-0.1, -0.05) is 35.1 Å². The molecule has 4 aromatic rings. The van der Waals surface area contributed by atoms with E-state index in [-0.39, 0.29) is 5.56 Å². The lowest BCUT2D eigenvalue weighted by Gasteiger charge is -2.13. The highest BCUT2D eigenvalue weighted by atomic mass is 32.2. The molecule has 28 heavy (non-hydrogen) atoms. The van der Waals surface area contributed by atoms with E-state index in [1.54, 1.807) is 28.8 Å². The first-order valence-electron chi connectivity index (χ1n) is 8.40. The quantitative estimate of drug-likeness (QED) is 0.291. The number of hydrogen-bond donors (Lipinski definition) is 0. The van der Waals surface area contributed by atoms with Crippen LogP contribution in [0.25, 0.3) is 16.6 Å². The Kier molecular flexibility index (Phi) is 4.94. The van der Waals surface area contributed by atoms with Gasteiger partial charge in [-0.05, 0) is 30.3 Å². The lowest BCUT2D eigenvalue weighted by molar-refractivity contribution is 0.0601. The fourth-order valence-electron chi connectivity index (χ4n) is 2.76. The Hall–Kier alpha value is -3.39. The van der Waals surface area contributed by atoms with E-state index in [0.29, 0.717) is 33.1 Å². The summed E-state index contributed by atoms with van der Waals surface area (Å²) in [5.41, 5.74) is 2.01. The van der Waals surface area contributed by atoms with Crippen LogP contribution in [-0.4, -0.2) is 27.8 Å². The first-order valence-corrected chi connectivity index (χ1v) is 9.38. The molecule has 0 aliphatic rings. The van der Waals surface area contributed by atoms with Gasteiger partial charge in [-0.25, -0.2) is 9.78 Å². The van der Waals surface area contributed by atoms with Crippen molar-refractivity contribution >= 4 is 28.6 Å². The van der Waals surface area contributed by atoms with Crippen molar-refractivity contribution < 1.29 is 14.1 Å². The van der Waals surface area contributed by atoms with Crippen LogP contribution in [0.5, 0.6) is 0 Å². The summed E-state index contributed by atoms with van der Waals surface area (Å²) in [4.78, 5) is 29.7. The maximum atomic E-state index is 13.2. The highest BCUT2D eigenvalue weighted by molar-refractivity contribution is 7.98. The van der Waals surface area contributed by atoms with E-state index in [1.165, 1.54) is 25.1 Å². The Morgan fingerprint density at radius 3 is 2.71 bits per heavy atom. The monoisotopic (exact) mass is 393 g/mol. The third-order valence-electron chi connectivity index (χ3n) is 4.11. The second-order valence-electron chi connectivity index (χ2n) is 5.87. The van der Waals surface area contributed by atoms with Crippen molar-refractivity contribution in [3.8, 4) is 5.69 Å². The first kappa shape index (κ1) is 18.0. The normalized spacial score (nSPS) is 10.9. The van der Waals surface area contributed by atoms with Gasteiger partial charge in [0.15, 0.2) is 5.16 Å². The van der Waals surface area contributed by atoms with Gasteiger partial charge in [-0.2, -0.15) is 0 Å². The number of ether oxygens (including phenoxy) is 1. The summed E-state index contributed by atoms with van der Waals surface area (Å²) in [5, 5.41) is 4.81. The highest BCUT2D eigenvalue weighted by Crippen LogP contribution is 2.24. The maximum absolute atomic E-state index is 13.2. The number of carbonyl (C=O) groups is 1. The molecule has 0 saturated heterocycles. The summed E-state index contributed by atoms with van der Waals surface area (Å²) in [7, 11) is 1.31. The van der Waals surface area contributed by atoms with Crippen molar-refractivity contribution in [1.29, 1.82) is 0 Å². The Bertz CT molecular complexity index is 1190. The van der Waals surface area contributed by atoms with Gasteiger partial charge in [-0.3, -0.25) is 9.36 Å². The molecule has 0 fully saturated rings. The van der Waals surface area contributed by atoms with Crippen molar-refractivity contribution in [3.05, 3.63) is 82.5 Å². The molecule has 2 aromatic carbocycles. The number of methoxy groups -OCH3 is 1. The van der Waals surface area contributed by atoms with Gasteiger partial charge < -0.3 is 9.26 Å². The van der Waals surface area contributed by atoms with Crippen molar-refractivity contribution in [3.63, 3.8) is 0 Å². The van der Waals surface area contributed by atoms with E-state index in [0.717, 1.165) is 5.69 Å². The summed E-state index contributed by atoms with van der Waals surface area (Å²) in [5.74, 6) is 0.00515. The predicted octanol–water partition coefficient (Wildman–Crippen LogP) is 3.45. The molecular weight excluding hydrogens is 378 g/mol. The molecule has 0 N–H and O–H groups in total. The largest absolute Gasteiger partial charge is 0.465 e. The van der Waals surface area contributed by atoms with E-state index in [4.69, 9.17) is 9.26 Å². The Balaban J connectivity index is 1.88. The fraction of sp³-hybridized carbons (Fsp3) is 0.100. The van der Waals surface area contributed by atoms with Crippen LogP contribution in [0, 0.1) is 0 Å². The Labute approximate surface area is 163 Å². The molecular formula is C20H15N3O4S. The first-order chi connectivity index (χ1) is 13.7. The lowest BCUT2D eigenvalue weighted by atomic mass is 10.1. The molecule has 0 amide bonds. The smallest absolute Gasteiger partial charge is 0.337 e. The number of fused-ring (bicyclic) bond motifs is 1. The van der Waals surface area contributed by atoms with Gasteiger partial charge in [0.1, 0.15) is 6.26 Å². The van der Waals surface area contributed by atoms with Crippen LogP contribution in [0.3, 0.4) is 0 Å². The van der Waals surface area contributed by atoms with Gasteiger partial charge in [0.2, 0.25) is 0 Å². The number of rotatable bonds is 5. The number of aromatic nitrogens is 3. The number of esters is 1. The van der Waals surface area contributed by atoms with Crippen LogP contribution in [-0.2, 0) is 10.5 Å². The number of thioether (sulfide) groups is 1. The molecule has 0 spiro atoms. The fourth-order valence-corrected chi connectivity index (χ4v) is 3.67. The third kappa shape index (κ3) is 3.41. The van der Waals surface area contributed by atoms with Crippen molar-refractivity contribution in [2.45, 2.75) is 10.9 Å². The zero-order valence-electron chi connectivity index (χ0n) is 14.9. The van der Waals surface area contributed by atoms with Crippen LogP contribution in [0.4, 0.5) is 0 Å². The standard InChI is InChI=1S/C20H15N3O4S/c1-26-19(25)13-7-8-16-17(11-13)21-20(28-12-14-9-10-27-22-14)23(18(16)24)15-5-3-2-4-6-15/h2-11H,12H2,1H3. The molecule has 7 nitrogen and oxygen atoms in total. The molecule has 2 aromatic heterocycles. The van der Waals surface area contributed by atoms with Crippen molar-refractivity contribution in [1.82, 2.24) is 14.7 Å². The van der Waals surface area contributed by atoms with Gasteiger partial charge in [-0.15, -0.1) is 0 Å². The zero-order valence-corrected chi connectivity index (χ0v) is 15.7. The summed E-state index contributed by atoms with van der Waals surface area (Å²) >= 11 is 1.36. The molecule has 0 atom stereocenters. The van der Waals surface area contributed by atoms with Crippen LogP contribution in [0.2, 0.25) is 0 Å². The molecule has 4 rings (SSSR count).